The molecule has 0 amide bonds. The van der Waals surface area contributed by atoms with E-state index in [2.05, 4.69) is 35.0 Å². The number of unbranched alkanes of at least 4 members (excludes halogenated alkanes) is 1. The van der Waals surface area contributed by atoms with Gasteiger partial charge < -0.3 is 4.74 Å². The molecule has 1 nitrogen and oxygen atoms in total. The summed E-state index contributed by atoms with van der Waals surface area (Å²) < 4.78 is 5.71. The number of hydrogen-bond acceptors (Lipinski definition) is 1. The molecule has 2 heteroatoms. The monoisotopic (exact) mass is 256 g/mol. The van der Waals surface area contributed by atoms with Crippen molar-refractivity contribution in [3.05, 3.63) is 35.9 Å². The average molecular weight is 257 g/mol. The molecule has 0 radical (unpaired) electrons. The second kappa shape index (κ2) is 7.02. The molecule has 0 bridgehead atoms. The molecule has 1 rings (SSSR count). The molecule has 0 aliphatic carbocycles. The van der Waals surface area contributed by atoms with Crippen molar-refractivity contribution in [3.63, 3.8) is 0 Å². The van der Waals surface area contributed by atoms with Crippen LogP contribution in [0.25, 0.3) is 0 Å². The van der Waals surface area contributed by atoms with E-state index in [1.807, 2.05) is 18.2 Å². The molecule has 0 saturated heterocycles. The summed E-state index contributed by atoms with van der Waals surface area (Å²) in [7, 11) is 0. The van der Waals surface area contributed by atoms with E-state index in [-0.39, 0.29) is 6.10 Å². The summed E-state index contributed by atoms with van der Waals surface area (Å²) in [5.74, 6) is 0. The predicted molar refractivity (Wildman–Crippen MR) is 63.8 cm³/mol. The van der Waals surface area contributed by atoms with Crippen LogP contribution in [0.1, 0.15) is 31.4 Å². The summed E-state index contributed by atoms with van der Waals surface area (Å²) in [6, 6.07) is 10.3. The number of ether oxygens (including phenoxy) is 1. The Morgan fingerprint density at radius 1 is 1.21 bits per heavy atom. The molecule has 1 aromatic carbocycles. The van der Waals surface area contributed by atoms with E-state index in [1.165, 1.54) is 12.0 Å². The van der Waals surface area contributed by atoms with Crippen molar-refractivity contribution in [1.82, 2.24) is 0 Å². The van der Waals surface area contributed by atoms with Gasteiger partial charge in [0.2, 0.25) is 0 Å². The molecule has 1 aromatic rings. The molecule has 0 aliphatic heterocycles. The van der Waals surface area contributed by atoms with E-state index in [4.69, 9.17) is 4.74 Å². The Labute approximate surface area is 94.6 Å². The lowest BCUT2D eigenvalue weighted by Crippen LogP contribution is -2.01. The highest BCUT2D eigenvalue weighted by Crippen LogP contribution is 2.16. The smallest absolute Gasteiger partial charge is 0.0796 e. The van der Waals surface area contributed by atoms with E-state index in [9.17, 15) is 0 Å². The standard InChI is InChI=1S/C12H17BrO/c1-11(14-10-6-5-9-13)12-7-3-2-4-8-12/h2-4,7-8,11H,5-6,9-10H2,1H3. The van der Waals surface area contributed by atoms with Crippen molar-refractivity contribution in [2.24, 2.45) is 0 Å². The highest BCUT2D eigenvalue weighted by atomic mass is 79.9. The summed E-state index contributed by atoms with van der Waals surface area (Å²) in [6.07, 6.45) is 2.52. The summed E-state index contributed by atoms with van der Waals surface area (Å²) in [6.45, 7) is 2.95. The summed E-state index contributed by atoms with van der Waals surface area (Å²) >= 11 is 3.41. The van der Waals surface area contributed by atoms with Gasteiger partial charge >= 0.3 is 0 Å². The molecule has 0 N–H and O–H groups in total. The zero-order chi connectivity index (χ0) is 10.2. The number of halogens is 1. The lowest BCUT2D eigenvalue weighted by molar-refractivity contribution is 0.0638. The second-order valence-electron chi connectivity index (χ2n) is 3.32. The van der Waals surface area contributed by atoms with Gasteiger partial charge in [0.05, 0.1) is 6.10 Å². The van der Waals surface area contributed by atoms with E-state index < -0.39 is 0 Å². The second-order valence-corrected chi connectivity index (χ2v) is 4.11. The molecule has 0 spiro atoms. The molecule has 14 heavy (non-hydrogen) atoms. The first kappa shape index (κ1) is 11.7. The molecular weight excluding hydrogens is 240 g/mol. The molecule has 0 aliphatic rings. The Morgan fingerprint density at radius 2 is 1.93 bits per heavy atom. The maximum absolute atomic E-state index is 5.71. The van der Waals surface area contributed by atoms with Crippen LogP contribution >= 0.6 is 15.9 Å². The Hall–Kier alpha value is -0.340. The first-order valence-electron chi connectivity index (χ1n) is 5.07. The Balaban J connectivity index is 2.25. The molecule has 0 saturated carbocycles. The van der Waals surface area contributed by atoms with Crippen LogP contribution in [0, 0.1) is 0 Å². The van der Waals surface area contributed by atoms with Crippen molar-refractivity contribution >= 4 is 15.9 Å². The molecular formula is C12H17BrO. The van der Waals surface area contributed by atoms with Gasteiger partial charge in [0.1, 0.15) is 0 Å². The first-order chi connectivity index (χ1) is 6.84. The maximum atomic E-state index is 5.71. The van der Waals surface area contributed by atoms with E-state index in [1.54, 1.807) is 0 Å². The maximum Gasteiger partial charge on any atom is 0.0796 e. The highest BCUT2D eigenvalue weighted by molar-refractivity contribution is 9.09. The van der Waals surface area contributed by atoms with Gasteiger partial charge in [-0.1, -0.05) is 46.3 Å². The van der Waals surface area contributed by atoms with Crippen molar-refractivity contribution in [1.29, 1.82) is 0 Å². The minimum atomic E-state index is 0.214. The van der Waals surface area contributed by atoms with Crippen molar-refractivity contribution in [2.75, 3.05) is 11.9 Å². The summed E-state index contributed by atoms with van der Waals surface area (Å²) in [5.41, 5.74) is 1.26. The van der Waals surface area contributed by atoms with Crippen LogP contribution in [-0.4, -0.2) is 11.9 Å². The quantitative estimate of drug-likeness (QED) is 0.554. The minimum Gasteiger partial charge on any atom is -0.374 e. The number of rotatable bonds is 6. The number of hydrogen-bond donors (Lipinski definition) is 0. The topological polar surface area (TPSA) is 9.23 Å². The van der Waals surface area contributed by atoms with Crippen LogP contribution in [0.5, 0.6) is 0 Å². The molecule has 1 atom stereocenters. The van der Waals surface area contributed by atoms with Gasteiger partial charge in [0, 0.05) is 11.9 Å². The third-order valence-corrected chi connectivity index (χ3v) is 2.73. The zero-order valence-corrected chi connectivity index (χ0v) is 10.2. The summed E-state index contributed by atoms with van der Waals surface area (Å²) in [4.78, 5) is 0. The normalized spacial score (nSPS) is 12.7. The van der Waals surface area contributed by atoms with Gasteiger partial charge in [-0.3, -0.25) is 0 Å². The van der Waals surface area contributed by atoms with Crippen LogP contribution in [0.4, 0.5) is 0 Å². The van der Waals surface area contributed by atoms with Gasteiger partial charge in [-0.15, -0.1) is 0 Å². The Morgan fingerprint density at radius 3 is 2.57 bits per heavy atom. The Kier molecular flexibility index (Phi) is 5.88. The van der Waals surface area contributed by atoms with Crippen molar-refractivity contribution in [2.45, 2.75) is 25.9 Å². The molecule has 0 heterocycles. The number of benzene rings is 1. The fourth-order valence-electron chi connectivity index (χ4n) is 1.28. The highest BCUT2D eigenvalue weighted by Gasteiger charge is 2.03. The third kappa shape index (κ3) is 4.25. The first-order valence-corrected chi connectivity index (χ1v) is 6.19. The molecule has 78 valence electrons. The van der Waals surface area contributed by atoms with Gasteiger partial charge in [-0.25, -0.2) is 0 Å². The average Bonchev–Trinajstić information content (AvgIpc) is 2.25. The van der Waals surface area contributed by atoms with Crippen LogP contribution < -0.4 is 0 Å². The minimum absolute atomic E-state index is 0.214. The molecule has 1 unspecified atom stereocenters. The zero-order valence-electron chi connectivity index (χ0n) is 8.58. The Bertz CT molecular complexity index is 235. The van der Waals surface area contributed by atoms with Gasteiger partial charge in [0.25, 0.3) is 0 Å². The predicted octanol–water partition coefficient (Wildman–Crippen LogP) is 3.94. The van der Waals surface area contributed by atoms with Crippen LogP contribution in [0.3, 0.4) is 0 Å². The SMILES string of the molecule is CC(OCCCCBr)c1ccccc1. The fourth-order valence-corrected chi connectivity index (χ4v) is 1.67. The summed E-state index contributed by atoms with van der Waals surface area (Å²) in [5, 5.41) is 1.07. The van der Waals surface area contributed by atoms with Crippen LogP contribution in [-0.2, 0) is 4.74 Å². The van der Waals surface area contributed by atoms with Crippen molar-refractivity contribution < 1.29 is 4.74 Å². The fraction of sp³-hybridized carbons (Fsp3) is 0.500. The van der Waals surface area contributed by atoms with Crippen LogP contribution in [0.15, 0.2) is 30.3 Å². The van der Waals surface area contributed by atoms with Crippen molar-refractivity contribution in [3.8, 4) is 0 Å². The number of alkyl halides is 1. The lowest BCUT2D eigenvalue weighted by Gasteiger charge is -2.12. The van der Waals surface area contributed by atoms with Gasteiger partial charge in [-0.2, -0.15) is 0 Å². The molecule has 0 fully saturated rings. The third-order valence-electron chi connectivity index (χ3n) is 2.16. The van der Waals surface area contributed by atoms with E-state index in [0.29, 0.717) is 0 Å². The van der Waals surface area contributed by atoms with E-state index >= 15 is 0 Å². The molecule has 0 aromatic heterocycles. The van der Waals surface area contributed by atoms with Gasteiger partial charge in [-0.05, 0) is 25.3 Å². The van der Waals surface area contributed by atoms with Crippen LogP contribution in [0.2, 0.25) is 0 Å². The lowest BCUT2D eigenvalue weighted by atomic mass is 10.1. The van der Waals surface area contributed by atoms with Gasteiger partial charge in [0.15, 0.2) is 0 Å². The largest absolute Gasteiger partial charge is 0.374 e. The van der Waals surface area contributed by atoms with E-state index in [0.717, 1.165) is 18.4 Å².